The van der Waals surface area contributed by atoms with Crippen LogP contribution in [0.4, 0.5) is 11.5 Å². The van der Waals surface area contributed by atoms with Crippen molar-refractivity contribution in [3.05, 3.63) is 29.5 Å². The van der Waals surface area contributed by atoms with Gasteiger partial charge in [-0.25, -0.2) is 0 Å². The van der Waals surface area contributed by atoms with Gasteiger partial charge in [0.25, 0.3) is 5.91 Å². The van der Waals surface area contributed by atoms with Crippen LogP contribution in [0.1, 0.15) is 16.1 Å². The summed E-state index contributed by atoms with van der Waals surface area (Å²) in [7, 11) is 3.02. The molecule has 0 aliphatic rings. The average molecular weight is 276 g/mol. The van der Waals surface area contributed by atoms with Gasteiger partial charge in [0.2, 0.25) is 0 Å². The molecular formula is C13H16N4O3. The Morgan fingerprint density at radius 2 is 2.10 bits per heavy atom. The molecule has 1 amide bonds. The first-order valence-electron chi connectivity index (χ1n) is 5.90. The third-order valence-electron chi connectivity index (χ3n) is 2.88. The van der Waals surface area contributed by atoms with Gasteiger partial charge in [-0.05, 0) is 25.1 Å². The lowest BCUT2D eigenvalue weighted by molar-refractivity contribution is 0.102. The summed E-state index contributed by atoms with van der Waals surface area (Å²) in [6, 6.07) is 4.96. The Kier molecular flexibility index (Phi) is 3.79. The molecule has 1 heterocycles. The maximum atomic E-state index is 12.3. The summed E-state index contributed by atoms with van der Waals surface area (Å²) in [5.74, 6) is 0.910. The number of aromatic amines is 1. The summed E-state index contributed by atoms with van der Waals surface area (Å²) in [5.41, 5.74) is 7.23. The lowest BCUT2D eigenvalue weighted by atomic mass is 10.1. The molecule has 0 unspecified atom stereocenters. The van der Waals surface area contributed by atoms with E-state index in [0.29, 0.717) is 28.4 Å². The van der Waals surface area contributed by atoms with Crippen LogP contribution in [0.25, 0.3) is 0 Å². The molecule has 0 bridgehead atoms. The van der Waals surface area contributed by atoms with Gasteiger partial charge in [-0.1, -0.05) is 0 Å². The van der Waals surface area contributed by atoms with Gasteiger partial charge >= 0.3 is 0 Å². The number of nitrogen functional groups attached to an aromatic ring is 1. The van der Waals surface area contributed by atoms with Gasteiger partial charge < -0.3 is 20.5 Å². The van der Waals surface area contributed by atoms with Crippen molar-refractivity contribution in [1.82, 2.24) is 10.2 Å². The molecule has 2 rings (SSSR count). The van der Waals surface area contributed by atoms with Crippen molar-refractivity contribution in [2.24, 2.45) is 0 Å². The fourth-order valence-corrected chi connectivity index (χ4v) is 1.70. The zero-order valence-electron chi connectivity index (χ0n) is 11.5. The van der Waals surface area contributed by atoms with Crippen LogP contribution >= 0.6 is 0 Å². The van der Waals surface area contributed by atoms with Crippen molar-refractivity contribution >= 4 is 17.4 Å². The van der Waals surface area contributed by atoms with Crippen molar-refractivity contribution in [3.63, 3.8) is 0 Å². The Balaban J connectivity index is 2.30. The highest BCUT2D eigenvalue weighted by Crippen LogP contribution is 2.26. The number of aryl methyl sites for hydroxylation is 1. The van der Waals surface area contributed by atoms with Crippen molar-refractivity contribution in [2.75, 3.05) is 25.3 Å². The van der Waals surface area contributed by atoms with Crippen LogP contribution in [0.3, 0.4) is 0 Å². The number of nitrogens with one attached hydrogen (secondary N) is 2. The quantitative estimate of drug-likeness (QED) is 0.786. The summed E-state index contributed by atoms with van der Waals surface area (Å²) >= 11 is 0. The molecular weight excluding hydrogens is 260 g/mol. The van der Waals surface area contributed by atoms with Crippen LogP contribution < -0.4 is 20.5 Å². The molecule has 0 saturated heterocycles. The number of nitrogens with zero attached hydrogens (tertiary/aromatic N) is 1. The molecule has 106 valence electrons. The number of nitrogens with two attached hydrogens (primary N) is 1. The van der Waals surface area contributed by atoms with Gasteiger partial charge in [-0.3, -0.25) is 9.89 Å². The number of amides is 1. The third kappa shape index (κ3) is 2.51. The number of anilines is 2. The normalized spacial score (nSPS) is 10.2. The van der Waals surface area contributed by atoms with E-state index in [1.165, 1.54) is 14.2 Å². The fourth-order valence-electron chi connectivity index (χ4n) is 1.70. The minimum Gasteiger partial charge on any atom is -0.497 e. The Morgan fingerprint density at radius 1 is 1.35 bits per heavy atom. The first kappa shape index (κ1) is 13.7. The molecule has 2 aromatic rings. The molecule has 4 N–H and O–H groups in total. The number of H-pyrrole nitrogens is 1. The first-order chi connectivity index (χ1) is 9.56. The van der Waals surface area contributed by atoms with Crippen LogP contribution in [0, 0.1) is 6.92 Å². The molecule has 0 saturated carbocycles. The Bertz CT molecular complexity index is 637. The fraction of sp³-hybridized carbons (Fsp3) is 0.231. The highest BCUT2D eigenvalue weighted by Gasteiger charge is 2.16. The number of aromatic nitrogens is 2. The predicted molar refractivity (Wildman–Crippen MR) is 75.2 cm³/mol. The third-order valence-corrected chi connectivity index (χ3v) is 2.88. The van der Waals surface area contributed by atoms with Gasteiger partial charge in [0.15, 0.2) is 5.82 Å². The van der Waals surface area contributed by atoms with Crippen LogP contribution in [-0.2, 0) is 0 Å². The standard InChI is InChI=1S/C13H16N4O3/c1-7-11(14)12(17-16-7)15-13(18)9-6-8(19-2)4-5-10(9)20-3/h4-6H,14H2,1-3H3,(H2,15,16,17,18). The number of carbonyl (C=O) groups is 1. The van der Waals surface area contributed by atoms with E-state index in [1.54, 1.807) is 25.1 Å². The van der Waals surface area contributed by atoms with Crippen LogP contribution in [0.15, 0.2) is 18.2 Å². The molecule has 1 aromatic carbocycles. The second-order valence-electron chi connectivity index (χ2n) is 4.13. The van der Waals surface area contributed by atoms with Gasteiger partial charge in [0.05, 0.1) is 31.2 Å². The van der Waals surface area contributed by atoms with E-state index in [0.717, 1.165) is 0 Å². The summed E-state index contributed by atoms with van der Waals surface area (Å²) in [6.45, 7) is 1.77. The molecule has 0 fully saturated rings. The zero-order chi connectivity index (χ0) is 14.7. The molecule has 7 heteroatoms. The van der Waals surface area contributed by atoms with E-state index in [1.807, 2.05) is 0 Å². The maximum absolute atomic E-state index is 12.3. The molecule has 0 radical (unpaired) electrons. The average Bonchev–Trinajstić information content (AvgIpc) is 2.78. The van der Waals surface area contributed by atoms with E-state index in [2.05, 4.69) is 15.5 Å². The lowest BCUT2D eigenvalue weighted by Gasteiger charge is -2.10. The number of benzene rings is 1. The highest BCUT2D eigenvalue weighted by molar-refractivity contribution is 6.07. The van der Waals surface area contributed by atoms with Crippen LogP contribution in [0.5, 0.6) is 11.5 Å². The molecule has 0 aliphatic carbocycles. The van der Waals surface area contributed by atoms with Crippen LogP contribution in [0.2, 0.25) is 0 Å². The minimum atomic E-state index is -0.376. The summed E-state index contributed by atoms with van der Waals surface area (Å²) < 4.78 is 10.3. The lowest BCUT2D eigenvalue weighted by Crippen LogP contribution is -2.14. The van der Waals surface area contributed by atoms with E-state index in [4.69, 9.17) is 15.2 Å². The molecule has 0 atom stereocenters. The number of carbonyl (C=O) groups excluding carboxylic acids is 1. The minimum absolute atomic E-state index is 0.289. The number of rotatable bonds is 4. The van der Waals surface area contributed by atoms with Crippen molar-refractivity contribution in [2.45, 2.75) is 6.92 Å². The van der Waals surface area contributed by atoms with E-state index in [-0.39, 0.29) is 11.7 Å². The Hall–Kier alpha value is -2.70. The van der Waals surface area contributed by atoms with Crippen molar-refractivity contribution in [3.8, 4) is 11.5 Å². The number of hydrogen-bond acceptors (Lipinski definition) is 5. The second-order valence-corrected chi connectivity index (χ2v) is 4.13. The Morgan fingerprint density at radius 3 is 2.65 bits per heavy atom. The number of ether oxygens (including phenoxy) is 2. The highest BCUT2D eigenvalue weighted by atomic mass is 16.5. The monoisotopic (exact) mass is 276 g/mol. The number of methoxy groups -OCH3 is 2. The van der Waals surface area contributed by atoms with Crippen LogP contribution in [-0.4, -0.2) is 30.3 Å². The van der Waals surface area contributed by atoms with E-state index < -0.39 is 0 Å². The van der Waals surface area contributed by atoms with Gasteiger partial charge in [0, 0.05) is 0 Å². The molecule has 0 spiro atoms. The zero-order valence-corrected chi connectivity index (χ0v) is 11.5. The van der Waals surface area contributed by atoms with Gasteiger partial charge in [-0.2, -0.15) is 5.10 Å². The predicted octanol–water partition coefficient (Wildman–Crippen LogP) is 1.57. The largest absolute Gasteiger partial charge is 0.497 e. The summed E-state index contributed by atoms with van der Waals surface area (Å²) in [4.78, 5) is 12.3. The number of hydrogen-bond donors (Lipinski definition) is 3. The Labute approximate surface area is 116 Å². The SMILES string of the molecule is COc1ccc(OC)c(C(=O)Nc2n[nH]c(C)c2N)c1. The first-order valence-corrected chi connectivity index (χ1v) is 5.90. The van der Waals surface area contributed by atoms with Crippen molar-refractivity contribution < 1.29 is 14.3 Å². The van der Waals surface area contributed by atoms with Crippen molar-refractivity contribution in [1.29, 1.82) is 0 Å². The molecule has 20 heavy (non-hydrogen) atoms. The molecule has 7 nitrogen and oxygen atoms in total. The molecule has 0 aliphatic heterocycles. The second kappa shape index (κ2) is 5.52. The van der Waals surface area contributed by atoms with E-state index >= 15 is 0 Å². The maximum Gasteiger partial charge on any atom is 0.260 e. The summed E-state index contributed by atoms with van der Waals surface area (Å²) in [5, 5.41) is 9.26. The molecule has 1 aromatic heterocycles. The topological polar surface area (TPSA) is 102 Å². The van der Waals surface area contributed by atoms with E-state index in [9.17, 15) is 4.79 Å². The smallest absolute Gasteiger partial charge is 0.260 e. The summed E-state index contributed by atoms with van der Waals surface area (Å²) in [6.07, 6.45) is 0. The van der Waals surface area contributed by atoms with Gasteiger partial charge in [0.1, 0.15) is 11.5 Å². The van der Waals surface area contributed by atoms with Gasteiger partial charge in [-0.15, -0.1) is 0 Å².